The van der Waals surface area contributed by atoms with Gasteiger partial charge in [-0.1, -0.05) is 15.9 Å². The molecule has 0 fully saturated rings. The summed E-state index contributed by atoms with van der Waals surface area (Å²) in [6, 6.07) is 2.16. The minimum absolute atomic E-state index is 0.0395. The Bertz CT molecular complexity index is 351. The lowest BCUT2D eigenvalue weighted by Crippen LogP contribution is -2.08. The maximum Gasteiger partial charge on any atom is 0.417 e. The summed E-state index contributed by atoms with van der Waals surface area (Å²) >= 11 is 8.25. The van der Waals surface area contributed by atoms with Gasteiger partial charge in [0.05, 0.1) is 5.56 Å². The normalized spacial score (nSPS) is 11.8. The predicted octanol–water partition coefficient (Wildman–Crippen LogP) is 3.79. The van der Waals surface area contributed by atoms with Crippen molar-refractivity contribution in [2.24, 2.45) is 0 Å². The van der Waals surface area contributed by atoms with Crippen molar-refractivity contribution in [2.75, 3.05) is 5.73 Å². The van der Waals surface area contributed by atoms with Gasteiger partial charge in [-0.25, -0.2) is 0 Å². The van der Waals surface area contributed by atoms with E-state index in [2.05, 4.69) is 15.9 Å². The Hall–Kier alpha value is -0.420. The molecule has 0 aliphatic rings. The second-order valence-corrected chi connectivity index (χ2v) is 3.78. The Labute approximate surface area is 92.2 Å². The van der Waals surface area contributed by atoms with Crippen LogP contribution in [0.2, 0.25) is 0 Å². The molecule has 0 radical (unpaired) electrons. The molecular weight excluding hydrogens is 282 g/mol. The number of hydrogen-bond donors (Lipinski definition) is 1. The number of halogens is 5. The van der Waals surface area contributed by atoms with E-state index in [4.69, 9.17) is 17.3 Å². The molecule has 0 spiro atoms. The third-order valence-corrected chi connectivity index (χ3v) is 2.62. The van der Waals surface area contributed by atoms with Crippen LogP contribution in [0.3, 0.4) is 0 Å². The molecule has 78 valence electrons. The van der Waals surface area contributed by atoms with Crippen LogP contribution in [-0.2, 0) is 12.1 Å². The van der Waals surface area contributed by atoms with Crippen LogP contribution in [0.1, 0.15) is 11.1 Å². The van der Waals surface area contributed by atoms with Crippen molar-refractivity contribution in [3.63, 3.8) is 0 Å². The van der Waals surface area contributed by atoms with Gasteiger partial charge in [0.15, 0.2) is 0 Å². The molecule has 6 heteroatoms. The third-order valence-electron chi connectivity index (χ3n) is 1.68. The Morgan fingerprint density at radius 1 is 1.36 bits per heavy atom. The number of anilines is 1. The minimum atomic E-state index is -4.40. The summed E-state index contributed by atoms with van der Waals surface area (Å²) < 4.78 is 37.1. The lowest BCUT2D eigenvalue weighted by molar-refractivity contribution is -0.138. The van der Waals surface area contributed by atoms with Gasteiger partial charge in [0.25, 0.3) is 0 Å². The van der Waals surface area contributed by atoms with Gasteiger partial charge < -0.3 is 5.73 Å². The molecule has 1 aromatic rings. The van der Waals surface area contributed by atoms with Gasteiger partial charge >= 0.3 is 6.18 Å². The third kappa shape index (κ3) is 2.33. The van der Waals surface area contributed by atoms with E-state index in [0.717, 1.165) is 6.07 Å². The number of rotatable bonds is 1. The number of nitrogens with two attached hydrogens (primary N) is 1. The van der Waals surface area contributed by atoms with Crippen LogP contribution in [0.5, 0.6) is 0 Å². The van der Waals surface area contributed by atoms with E-state index in [-0.39, 0.29) is 21.6 Å². The molecule has 0 heterocycles. The van der Waals surface area contributed by atoms with Crippen molar-refractivity contribution >= 4 is 33.2 Å². The Morgan fingerprint density at radius 3 is 2.36 bits per heavy atom. The Kier molecular flexibility index (Phi) is 3.32. The molecule has 0 aromatic heterocycles. The molecule has 0 saturated heterocycles. The molecule has 0 unspecified atom stereocenters. The molecule has 0 saturated carbocycles. The standard InChI is InChI=1S/C8H6BrClF3N/c9-6-2-7(14)4(3-10)1-5(6)8(11,12)13/h1-2H,3,14H2. The first-order valence-corrected chi connectivity index (χ1v) is 4.90. The first kappa shape index (κ1) is 11.7. The molecule has 14 heavy (non-hydrogen) atoms. The van der Waals surface area contributed by atoms with Gasteiger partial charge in [-0.3, -0.25) is 0 Å². The summed E-state index contributed by atoms with van der Waals surface area (Å²) in [5.74, 6) is -0.0395. The Morgan fingerprint density at radius 2 is 1.93 bits per heavy atom. The highest BCUT2D eigenvalue weighted by Gasteiger charge is 2.33. The van der Waals surface area contributed by atoms with Gasteiger partial charge in [-0.2, -0.15) is 13.2 Å². The van der Waals surface area contributed by atoms with Crippen molar-refractivity contribution in [2.45, 2.75) is 12.1 Å². The Balaban J connectivity index is 3.32. The van der Waals surface area contributed by atoms with Gasteiger partial charge in [0.2, 0.25) is 0 Å². The van der Waals surface area contributed by atoms with E-state index in [1.165, 1.54) is 6.07 Å². The molecule has 2 N–H and O–H groups in total. The number of benzene rings is 1. The summed E-state index contributed by atoms with van der Waals surface area (Å²) in [7, 11) is 0. The van der Waals surface area contributed by atoms with Crippen molar-refractivity contribution in [3.8, 4) is 0 Å². The summed E-state index contributed by atoms with van der Waals surface area (Å²) in [6.07, 6.45) is -4.40. The smallest absolute Gasteiger partial charge is 0.398 e. The number of alkyl halides is 4. The fourth-order valence-electron chi connectivity index (χ4n) is 0.966. The zero-order chi connectivity index (χ0) is 10.9. The van der Waals surface area contributed by atoms with E-state index in [1.54, 1.807) is 0 Å². The summed E-state index contributed by atoms with van der Waals surface area (Å²) in [5.41, 5.74) is 5.23. The molecule has 0 bridgehead atoms. The van der Waals surface area contributed by atoms with Crippen molar-refractivity contribution in [3.05, 3.63) is 27.7 Å². The van der Waals surface area contributed by atoms with E-state index < -0.39 is 11.7 Å². The quantitative estimate of drug-likeness (QED) is 0.617. The fourth-order valence-corrected chi connectivity index (χ4v) is 1.78. The van der Waals surface area contributed by atoms with Gasteiger partial charge in [0.1, 0.15) is 0 Å². The largest absolute Gasteiger partial charge is 0.417 e. The molecule has 0 aliphatic carbocycles. The second kappa shape index (κ2) is 3.98. The predicted molar refractivity (Wildman–Crippen MR) is 53.1 cm³/mol. The molecular formula is C8H6BrClF3N. The van der Waals surface area contributed by atoms with Crippen molar-refractivity contribution < 1.29 is 13.2 Å². The molecule has 0 aliphatic heterocycles. The zero-order valence-electron chi connectivity index (χ0n) is 6.83. The number of hydrogen-bond acceptors (Lipinski definition) is 1. The first-order chi connectivity index (χ1) is 6.36. The lowest BCUT2D eigenvalue weighted by Gasteiger charge is -2.12. The maximum atomic E-state index is 12.4. The highest BCUT2D eigenvalue weighted by atomic mass is 79.9. The van der Waals surface area contributed by atoms with E-state index in [0.29, 0.717) is 0 Å². The van der Waals surface area contributed by atoms with Crippen LogP contribution in [0.25, 0.3) is 0 Å². The fraction of sp³-hybridized carbons (Fsp3) is 0.250. The highest BCUT2D eigenvalue weighted by Crippen LogP contribution is 2.37. The van der Waals surface area contributed by atoms with Crippen LogP contribution < -0.4 is 5.73 Å². The van der Waals surface area contributed by atoms with Crippen LogP contribution >= 0.6 is 27.5 Å². The summed E-state index contributed by atoms with van der Waals surface area (Å²) in [6.45, 7) is 0. The summed E-state index contributed by atoms with van der Waals surface area (Å²) in [5, 5.41) is 0. The van der Waals surface area contributed by atoms with Gasteiger partial charge in [-0.05, 0) is 17.7 Å². The molecule has 1 aromatic carbocycles. The van der Waals surface area contributed by atoms with E-state index >= 15 is 0 Å². The van der Waals surface area contributed by atoms with Crippen LogP contribution in [-0.4, -0.2) is 0 Å². The van der Waals surface area contributed by atoms with Crippen LogP contribution in [0, 0.1) is 0 Å². The summed E-state index contributed by atoms with van der Waals surface area (Å²) in [4.78, 5) is 0. The van der Waals surface area contributed by atoms with Gasteiger partial charge in [0, 0.05) is 16.0 Å². The van der Waals surface area contributed by atoms with E-state index in [9.17, 15) is 13.2 Å². The molecule has 0 atom stereocenters. The van der Waals surface area contributed by atoms with Crippen LogP contribution in [0.4, 0.5) is 18.9 Å². The monoisotopic (exact) mass is 287 g/mol. The van der Waals surface area contributed by atoms with Crippen LogP contribution in [0.15, 0.2) is 16.6 Å². The minimum Gasteiger partial charge on any atom is -0.398 e. The van der Waals surface area contributed by atoms with Crippen molar-refractivity contribution in [1.82, 2.24) is 0 Å². The van der Waals surface area contributed by atoms with Gasteiger partial charge in [-0.15, -0.1) is 11.6 Å². The average Bonchev–Trinajstić information content (AvgIpc) is 2.02. The van der Waals surface area contributed by atoms with Crippen molar-refractivity contribution in [1.29, 1.82) is 0 Å². The SMILES string of the molecule is Nc1cc(Br)c(C(F)(F)F)cc1CCl. The molecule has 0 amide bonds. The lowest BCUT2D eigenvalue weighted by atomic mass is 10.1. The first-order valence-electron chi connectivity index (χ1n) is 3.57. The molecule has 1 nitrogen and oxygen atoms in total. The topological polar surface area (TPSA) is 26.0 Å². The highest BCUT2D eigenvalue weighted by molar-refractivity contribution is 9.10. The average molecular weight is 288 g/mol. The maximum absolute atomic E-state index is 12.4. The number of nitrogen functional groups attached to an aromatic ring is 1. The van der Waals surface area contributed by atoms with E-state index in [1.807, 2.05) is 0 Å². The zero-order valence-corrected chi connectivity index (χ0v) is 9.17. The second-order valence-electron chi connectivity index (χ2n) is 2.66. The molecule has 1 rings (SSSR count).